The van der Waals surface area contributed by atoms with E-state index in [1.54, 1.807) is 49.4 Å². The van der Waals surface area contributed by atoms with Gasteiger partial charge in [-0.15, -0.1) is 0 Å². The molecule has 3 rings (SSSR count). The topological polar surface area (TPSA) is 105 Å². The van der Waals surface area contributed by atoms with Crippen molar-refractivity contribution in [1.29, 1.82) is 0 Å². The second-order valence-corrected chi connectivity index (χ2v) is 8.27. The first kappa shape index (κ1) is 24.8. The van der Waals surface area contributed by atoms with E-state index in [9.17, 15) is 19.2 Å². The summed E-state index contributed by atoms with van der Waals surface area (Å²) in [5.41, 5.74) is 1.11. The van der Waals surface area contributed by atoms with E-state index in [1.807, 2.05) is 13.8 Å². The van der Waals surface area contributed by atoms with Gasteiger partial charge in [-0.25, -0.2) is 14.5 Å². The molecule has 0 aromatic heterocycles. The Kier molecular flexibility index (Phi) is 7.88. The van der Waals surface area contributed by atoms with Crippen LogP contribution < -0.4 is 15.0 Å². The maximum absolute atomic E-state index is 13.3. The summed E-state index contributed by atoms with van der Waals surface area (Å²) >= 11 is 0. The maximum Gasteiger partial charge on any atom is 0.338 e. The third-order valence-electron chi connectivity index (χ3n) is 5.25. The lowest BCUT2D eigenvalue weighted by Gasteiger charge is -2.23. The lowest BCUT2D eigenvalue weighted by atomic mass is 10.1. The number of esters is 1. The van der Waals surface area contributed by atoms with Crippen LogP contribution in [0.2, 0.25) is 0 Å². The Morgan fingerprint density at radius 2 is 1.79 bits per heavy atom. The van der Waals surface area contributed by atoms with Crippen molar-refractivity contribution < 1.29 is 28.7 Å². The molecule has 0 aliphatic carbocycles. The molecule has 2 aromatic rings. The smallest absolute Gasteiger partial charge is 0.338 e. The number of imide groups is 1. The molecule has 1 aliphatic rings. The number of anilines is 2. The van der Waals surface area contributed by atoms with Crippen molar-refractivity contribution in [3.05, 3.63) is 54.1 Å². The van der Waals surface area contributed by atoms with Crippen LogP contribution in [0.1, 0.15) is 37.6 Å². The van der Waals surface area contributed by atoms with E-state index in [2.05, 4.69) is 5.32 Å². The number of nitrogens with zero attached hydrogens (tertiary/aromatic N) is 2. The first-order valence-corrected chi connectivity index (χ1v) is 11.1. The summed E-state index contributed by atoms with van der Waals surface area (Å²) in [4.78, 5) is 53.7. The van der Waals surface area contributed by atoms with Gasteiger partial charge in [-0.2, -0.15) is 0 Å². The van der Waals surface area contributed by atoms with Crippen molar-refractivity contribution in [1.82, 2.24) is 4.90 Å². The zero-order valence-electron chi connectivity index (χ0n) is 19.7. The van der Waals surface area contributed by atoms with E-state index in [1.165, 1.54) is 18.1 Å². The zero-order valence-corrected chi connectivity index (χ0v) is 19.7. The molecular weight excluding hydrogens is 438 g/mol. The first-order chi connectivity index (χ1) is 16.2. The molecule has 0 bridgehead atoms. The van der Waals surface area contributed by atoms with E-state index >= 15 is 0 Å². The van der Waals surface area contributed by atoms with Gasteiger partial charge in [0.1, 0.15) is 11.8 Å². The number of benzene rings is 2. The minimum atomic E-state index is -0.940. The fourth-order valence-corrected chi connectivity index (χ4v) is 3.73. The number of hydrogen-bond donors (Lipinski definition) is 1. The third kappa shape index (κ3) is 5.54. The van der Waals surface area contributed by atoms with Crippen molar-refractivity contribution >= 4 is 35.2 Å². The van der Waals surface area contributed by atoms with E-state index in [4.69, 9.17) is 9.47 Å². The number of amides is 4. The highest BCUT2D eigenvalue weighted by molar-refractivity contribution is 6.22. The molecule has 1 unspecified atom stereocenters. The molecule has 1 aliphatic heterocycles. The number of ether oxygens (including phenoxy) is 2. The Balaban J connectivity index is 1.78. The number of nitrogens with one attached hydrogen (secondary N) is 1. The zero-order chi connectivity index (χ0) is 24.8. The maximum atomic E-state index is 13.3. The number of carbonyl (C=O) groups is 4. The van der Waals surface area contributed by atoms with Crippen LogP contribution in [0.5, 0.6) is 5.75 Å². The monoisotopic (exact) mass is 467 g/mol. The van der Waals surface area contributed by atoms with Gasteiger partial charge >= 0.3 is 12.0 Å². The molecule has 0 saturated carbocycles. The van der Waals surface area contributed by atoms with Crippen LogP contribution in [-0.2, 0) is 14.3 Å². The average molecular weight is 468 g/mol. The summed E-state index contributed by atoms with van der Waals surface area (Å²) in [6.45, 7) is 6.15. The molecule has 1 fully saturated rings. The second kappa shape index (κ2) is 10.8. The third-order valence-corrected chi connectivity index (χ3v) is 5.25. The highest BCUT2D eigenvalue weighted by Gasteiger charge is 2.46. The summed E-state index contributed by atoms with van der Waals surface area (Å²) in [6.07, 6.45) is -0.215. The fourth-order valence-electron chi connectivity index (χ4n) is 3.73. The number of hydrogen-bond acceptors (Lipinski definition) is 6. The van der Waals surface area contributed by atoms with Crippen LogP contribution in [0.4, 0.5) is 16.2 Å². The van der Waals surface area contributed by atoms with Gasteiger partial charge in [0.25, 0.3) is 5.91 Å². The molecule has 0 spiro atoms. The van der Waals surface area contributed by atoms with Crippen molar-refractivity contribution in [2.45, 2.75) is 33.2 Å². The normalized spacial score (nSPS) is 15.6. The molecule has 1 saturated heterocycles. The number of carbonyl (C=O) groups excluding carboxylic acids is 4. The molecule has 180 valence electrons. The Bertz CT molecular complexity index is 1070. The summed E-state index contributed by atoms with van der Waals surface area (Å²) in [5.74, 6) is -0.709. The van der Waals surface area contributed by atoms with Gasteiger partial charge in [0, 0.05) is 12.2 Å². The van der Waals surface area contributed by atoms with Crippen molar-refractivity contribution in [2.24, 2.45) is 5.92 Å². The molecule has 1 heterocycles. The van der Waals surface area contributed by atoms with Crippen LogP contribution in [0.25, 0.3) is 0 Å². The van der Waals surface area contributed by atoms with Crippen LogP contribution in [0.15, 0.2) is 48.5 Å². The molecule has 34 heavy (non-hydrogen) atoms. The molecule has 2 aromatic carbocycles. The first-order valence-electron chi connectivity index (χ1n) is 11.1. The molecule has 4 amide bonds. The largest absolute Gasteiger partial charge is 0.497 e. The summed E-state index contributed by atoms with van der Waals surface area (Å²) in [6, 6.07) is 11.5. The van der Waals surface area contributed by atoms with Gasteiger partial charge in [0.05, 0.1) is 31.4 Å². The minimum absolute atomic E-state index is 0.0967. The Hall–Kier alpha value is -3.88. The predicted octanol–water partition coefficient (Wildman–Crippen LogP) is 3.69. The number of urea groups is 1. The van der Waals surface area contributed by atoms with Gasteiger partial charge in [0.2, 0.25) is 5.91 Å². The van der Waals surface area contributed by atoms with Crippen LogP contribution in [-0.4, -0.2) is 55.0 Å². The lowest BCUT2D eigenvalue weighted by molar-refractivity contribution is -0.124. The Morgan fingerprint density at radius 3 is 2.41 bits per heavy atom. The van der Waals surface area contributed by atoms with Crippen molar-refractivity contribution in [3.8, 4) is 5.75 Å². The molecule has 0 radical (unpaired) electrons. The molecule has 9 heteroatoms. The van der Waals surface area contributed by atoms with Gasteiger partial charge in [-0.1, -0.05) is 19.9 Å². The standard InChI is InChI=1S/C25H29N3O6/c1-5-34-24(31)17-7-6-8-18(13-17)26-22(29)14-21-23(30)28(25(32)27(21)15-16(2)3)19-9-11-20(33-4)12-10-19/h6-13,16,21H,5,14-15H2,1-4H3,(H,26,29). The number of methoxy groups -OCH3 is 1. The highest BCUT2D eigenvalue weighted by Crippen LogP contribution is 2.29. The summed E-state index contributed by atoms with van der Waals surface area (Å²) in [7, 11) is 1.53. The SMILES string of the molecule is CCOC(=O)c1cccc(NC(=O)CC2C(=O)N(c3ccc(OC)cc3)C(=O)N2CC(C)C)c1. The summed E-state index contributed by atoms with van der Waals surface area (Å²) in [5, 5.41) is 2.71. The molecular formula is C25H29N3O6. The van der Waals surface area contributed by atoms with Gasteiger partial charge in [-0.05, 0) is 55.3 Å². The Labute approximate surface area is 198 Å². The quantitative estimate of drug-likeness (QED) is 0.445. The second-order valence-electron chi connectivity index (χ2n) is 8.27. The van der Waals surface area contributed by atoms with Crippen molar-refractivity contribution in [2.75, 3.05) is 30.5 Å². The van der Waals surface area contributed by atoms with Crippen LogP contribution in [0.3, 0.4) is 0 Å². The Morgan fingerprint density at radius 1 is 1.09 bits per heavy atom. The van der Waals surface area contributed by atoms with E-state index < -0.39 is 29.9 Å². The average Bonchev–Trinajstić information content (AvgIpc) is 3.03. The fraction of sp³-hybridized carbons (Fsp3) is 0.360. The van der Waals surface area contributed by atoms with Crippen LogP contribution in [0, 0.1) is 5.92 Å². The van der Waals surface area contributed by atoms with Gasteiger partial charge in [0.15, 0.2) is 0 Å². The number of rotatable bonds is 9. The highest BCUT2D eigenvalue weighted by atomic mass is 16.5. The molecule has 1 N–H and O–H groups in total. The molecule has 9 nitrogen and oxygen atoms in total. The molecule has 1 atom stereocenters. The van der Waals surface area contributed by atoms with Crippen LogP contribution >= 0.6 is 0 Å². The predicted molar refractivity (Wildman–Crippen MR) is 127 cm³/mol. The van der Waals surface area contributed by atoms with E-state index in [-0.39, 0.29) is 18.9 Å². The lowest BCUT2D eigenvalue weighted by Crippen LogP contribution is -2.40. The van der Waals surface area contributed by atoms with Gasteiger partial charge in [-0.3, -0.25) is 9.59 Å². The van der Waals surface area contributed by atoms with Gasteiger partial charge < -0.3 is 19.7 Å². The van der Waals surface area contributed by atoms with Crippen molar-refractivity contribution in [3.63, 3.8) is 0 Å². The minimum Gasteiger partial charge on any atom is -0.497 e. The summed E-state index contributed by atoms with van der Waals surface area (Å²) < 4.78 is 10.1. The van der Waals surface area contributed by atoms with E-state index in [0.29, 0.717) is 29.2 Å². The van der Waals surface area contributed by atoms with E-state index in [0.717, 1.165) is 4.90 Å².